The molecule has 0 saturated heterocycles. The fourth-order valence-electron chi connectivity index (χ4n) is 1.40. The molecule has 0 radical (unpaired) electrons. The van der Waals surface area contributed by atoms with E-state index < -0.39 is 0 Å². The number of carbonyl (C=O) groups excluding carboxylic acids is 1. The molecule has 0 fully saturated rings. The van der Waals surface area contributed by atoms with Crippen LogP contribution in [0.3, 0.4) is 0 Å². The Balaban J connectivity index is 2.73. The van der Waals surface area contributed by atoms with Gasteiger partial charge in [0.15, 0.2) is 0 Å². The number of ether oxygens (including phenoxy) is 1. The molecule has 0 saturated carbocycles. The van der Waals surface area contributed by atoms with Crippen molar-refractivity contribution in [2.24, 2.45) is 0 Å². The number of benzene rings is 1. The van der Waals surface area contributed by atoms with Gasteiger partial charge in [-0.15, -0.1) is 0 Å². The smallest absolute Gasteiger partial charge is 0.244 e. The Hall–Kier alpha value is -1.77. The zero-order valence-electron chi connectivity index (χ0n) is 10.6. The summed E-state index contributed by atoms with van der Waals surface area (Å²) >= 11 is 0. The van der Waals surface area contributed by atoms with E-state index in [0.717, 1.165) is 11.3 Å². The van der Waals surface area contributed by atoms with Crippen LogP contribution in [0.25, 0.3) is 6.08 Å². The summed E-state index contributed by atoms with van der Waals surface area (Å²) in [5.74, 6) is 0.704. The van der Waals surface area contributed by atoms with E-state index in [2.05, 4.69) is 5.32 Å². The summed E-state index contributed by atoms with van der Waals surface area (Å²) < 4.78 is 5.47. The van der Waals surface area contributed by atoms with Crippen LogP contribution in [-0.4, -0.2) is 18.6 Å². The molecule has 3 heteroatoms. The van der Waals surface area contributed by atoms with Gasteiger partial charge in [-0.25, -0.2) is 0 Å². The van der Waals surface area contributed by atoms with Gasteiger partial charge in [0.25, 0.3) is 0 Å². The van der Waals surface area contributed by atoms with Gasteiger partial charge in [0, 0.05) is 17.7 Å². The van der Waals surface area contributed by atoms with Crippen molar-refractivity contribution in [3.05, 3.63) is 35.9 Å². The molecule has 1 rings (SSSR count). The van der Waals surface area contributed by atoms with Crippen molar-refractivity contribution in [1.29, 1.82) is 0 Å². The minimum absolute atomic E-state index is 0.0914. The first-order valence-corrected chi connectivity index (χ1v) is 5.84. The highest BCUT2D eigenvalue weighted by Crippen LogP contribution is 2.19. The van der Waals surface area contributed by atoms with Crippen LogP contribution in [0.4, 0.5) is 0 Å². The molecule has 92 valence electrons. The molecular weight excluding hydrogens is 214 g/mol. The first-order valence-electron chi connectivity index (χ1n) is 5.84. The van der Waals surface area contributed by atoms with Gasteiger partial charge in [0.1, 0.15) is 5.75 Å². The zero-order chi connectivity index (χ0) is 12.7. The molecule has 0 bridgehead atoms. The molecule has 1 aromatic carbocycles. The highest BCUT2D eigenvalue weighted by atomic mass is 16.5. The Morgan fingerprint density at radius 2 is 2.12 bits per heavy atom. The van der Waals surface area contributed by atoms with Crippen molar-refractivity contribution < 1.29 is 9.53 Å². The van der Waals surface area contributed by atoms with E-state index in [-0.39, 0.29) is 11.9 Å². The maximum atomic E-state index is 11.5. The van der Waals surface area contributed by atoms with Gasteiger partial charge in [0.2, 0.25) is 5.91 Å². The van der Waals surface area contributed by atoms with Crippen molar-refractivity contribution in [2.45, 2.75) is 26.8 Å². The molecule has 0 aliphatic heterocycles. The molecule has 0 unspecified atom stereocenters. The van der Waals surface area contributed by atoms with Crippen LogP contribution in [0.5, 0.6) is 5.75 Å². The van der Waals surface area contributed by atoms with E-state index in [0.29, 0.717) is 6.61 Å². The van der Waals surface area contributed by atoms with Crippen molar-refractivity contribution in [1.82, 2.24) is 5.32 Å². The Kier molecular flexibility index (Phi) is 5.27. The number of nitrogens with one attached hydrogen (secondary N) is 1. The number of amides is 1. The number of rotatable bonds is 5. The van der Waals surface area contributed by atoms with Gasteiger partial charge in [-0.2, -0.15) is 0 Å². The molecule has 1 aromatic rings. The molecule has 17 heavy (non-hydrogen) atoms. The Bertz CT molecular complexity index is 397. The molecular formula is C14H19NO2. The summed E-state index contributed by atoms with van der Waals surface area (Å²) in [6, 6.07) is 7.79. The number of hydrogen-bond donors (Lipinski definition) is 1. The first-order chi connectivity index (χ1) is 8.13. The minimum Gasteiger partial charge on any atom is -0.493 e. The average molecular weight is 233 g/mol. The highest BCUT2D eigenvalue weighted by Gasteiger charge is 2.00. The minimum atomic E-state index is -0.0914. The molecule has 0 atom stereocenters. The van der Waals surface area contributed by atoms with Crippen LogP contribution >= 0.6 is 0 Å². The fraction of sp³-hybridized carbons (Fsp3) is 0.357. The lowest BCUT2D eigenvalue weighted by molar-refractivity contribution is -0.116. The predicted molar refractivity (Wildman–Crippen MR) is 69.9 cm³/mol. The van der Waals surface area contributed by atoms with E-state index in [9.17, 15) is 4.79 Å². The van der Waals surface area contributed by atoms with E-state index in [1.54, 1.807) is 6.08 Å². The van der Waals surface area contributed by atoms with E-state index in [1.807, 2.05) is 45.0 Å². The molecule has 0 aromatic heterocycles. The molecule has 0 spiro atoms. The summed E-state index contributed by atoms with van der Waals surface area (Å²) in [6.45, 7) is 6.41. The van der Waals surface area contributed by atoms with E-state index in [4.69, 9.17) is 4.74 Å². The van der Waals surface area contributed by atoms with Crippen molar-refractivity contribution in [3.8, 4) is 5.75 Å². The van der Waals surface area contributed by atoms with Crippen molar-refractivity contribution in [3.63, 3.8) is 0 Å². The average Bonchev–Trinajstić information content (AvgIpc) is 2.27. The number of para-hydroxylation sites is 1. The summed E-state index contributed by atoms with van der Waals surface area (Å²) in [6.07, 6.45) is 3.29. The molecule has 1 amide bonds. The number of hydrogen-bond acceptors (Lipinski definition) is 2. The normalized spacial score (nSPS) is 10.8. The quantitative estimate of drug-likeness (QED) is 0.794. The van der Waals surface area contributed by atoms with Gasteiger partial charge >= 0.3 is 0 Å². The third-order valence-corrected chi connectivity index (χ3v) is 2.06. The van der Waals surface area contributed by atoms with Gasteiger partial charge in [0.05, 0.1) is 6.61 Å². The second-order valence-corrected chi connectivity index (χ2v) is 3.97. The van der Waals surface area contributed by atoms with Gasteiger partial charge in [-0.05, 0) is 32.9 Å². The summed E-state index contributed by atoms with van der Waals surface area (Å²) in [5, 5.41) is 2.80. The second-order valence-electron chi connectivity index (χ2n) is 3.97. The van der Waals surface area contributed by atoms with Gasteiger partial charge < -0.3 is 10.1 Å². The Morgan fingerprint density at radius 1 is 1.41 bits per heavy atom. The standard InChI is InChI=1S/C14H19NO2/c1-4-17-13-8-6-5-7-12(13)9-10-14(16)15-11(2)3/h5-11H,4H2,1-3H3,(H,15,16)/b10-9+. The van der Waals surface area contributed by atoms with E-state index >= 15 is 0 Å². The van der Waals surface area contributed by atoms with Crippen LogP contribution in [0.1, 0.15) is 26.3 Å². The molecule has 3 nitrogen and oxygen atoms in total. The third-order valence-electron chi connectivity index (χ3n) is 2.06. The lowest BCUT2D eigenvalue weighted by Crippen LogP contribution is -2.28. The summed E-state index contributed by atoms with van der Waals surface area (Å²) in [7, 11) is 0. The van der Waals surface area contributed by atoms with Crippen LogP contribution in [0, 0.1) is 0 Å². The monoisotopic (exact) mass is 233 g/mol. The summed E-state index contributed by atoms with van der Waals surface area (Å²) in [5.41, 5.74) is 0.910. The Labute approximate surface area is 102 Å². The molecule has 0 heterocycles. The molecule has 0 aliphatic rings. The topological polar surface area (TPSA) is 38.3 Å². The van der Waals surface area contributed by atoms with Gasteiger partial charge in [-0.1, -0.05) is 18.2 Å². The summed E-state index contributed by atoms with van der Waals surface area (Å²) in [4.78, 5) is 11.5. The predicted octanol–water partition coefficient (Wildman–Crippen LogP) is 2.62. The maximum absolute atomic E-state index is 11.5. The van der Waals surface area contributed by atoms with Crippen molar-refractivity contribution in [2.75, 3.05) is 6.61 Å². The largest absolute Gasteiger partial charge is 0.493 e. The molecule has 0 aliphatic carbocycles. The first kappa shape index (κ1) is 13.3. The highest BCUT2D eigenvalue weighted by molar-refractivity contribution is 5.92. The Morgan fingerprint density at radius 3 is 2.76 bits per heavy atom. The lowest BCUT2D eigenvalue weighted by Gasteiger charge is -2.07. The zero-order valence-corrected chi connectivity index (χ0v) is 10.6. The lowest BCUT2D eigenvalue weighted by atomic mass is 10.2. The van der Waals surface area contributed by atoms with Crippen LogP contribution in [-0.2, 0) is 4.79 Å². The van der Waals surface area contributed by atoms with Crippen LogP contribution < -0.4 is 10.1 Å². The van der Waals surface area contributed by atoms with Gasteiger partial charge in [-0.3, -0.25) is 4.79 Å². The van der Waals surface area contributed by atoms with Crippen LogP contribution in [0.15, 0.2) is 30.3 Å². The number of carbonyl (C=O) groups is 1. The fourth-order valence-corrected chi connectivity index (χ4v) is 1.40. The third kappa shape index (κ3) is 4.72. The molecule has 1 N–H and O–H groups in total. The van der Waals surface area contributed by atoms with Crippen molar-refractivity contribution >= 4 is 12.0 Å². The SMILES string of the molecule is CCOc1ccccc1/C=C/C(=O)NC(C)C. The van der Waals surface area contributed by atoms with Crippen LogP contribution in [0.2, 0.25) is 0 Å². The second kappa shape index (κ2) is 6.74. The maximum Gasteiger partial charge on any atom is 0.244 e. The van der Waals surface area contributed by atoms with E-state index in [1.165, 1.54) is 6.08 Å².